The Morgan fingerprint density at radius 3 is 2.79 bits per heavy atom. The lowest BCUT2D eigenvalue weighted by Crippen LogP contribution is -2.24. The van der Waals surface area contributed by atoms with Crippen molar-refractivity contribution in [3.63, 3.8) is 0 Å². The fraction of sp³-hybridized carbons (Fsp3) is 0.471. The summed E-state index contributed by atoms with van der Waals surface area (Å²) in [5.41, 5.74) is 0.923. The number of aliphatic hydroxyl groups excluding tert-OH is 1. The van der Waals surface area contributed by atoms with E-state index < -0.39 is 17.8 Å². The third kappa shape index (κ3) is 3.62. The first kappa shape index (κ1) is 17.0. The van der Waals surface area contributed by atoms with Crippen molar-refractivity contribution in [2.45, 2.75) is 44.8 Å². The van der Waals surface area contributed by atoms with E-state index in [0.29, 0.717) is 25.1 Å². The van der Waals surface area contributed by atoms with Crippen LogP contribution in [-0.2, 0) is 19.3 Å². The van der Waals surface area contributed by atoms with E-state index in [1.54, 1.807) is 16.9 Å². The molecule has 1 aliphatic heterocycles. The highest BCUT2D eigenvalue weighted by Crippen LogP contribution is 2.36. The Balaban J connectivity index is 1.82. The van der Waals surface area contributed by atoms with Crippen LogP contribution in [0.1, 0.15) is 36.1 Å². The van der Waals surface area contributed by atoms with Gasteiger partial charge in [-0.3, -0.25) is 9.58 Å². The monoisotopic (exact) mass is 339 g/mol. The van der Waals surface area contributed by atoms with Crippen LogP contribution in [0.2, 0.25) is 0 Å². The Labute approximate surface area is 138 Å². The number of benzene rings is 1. The van der Waals surface area contributed by atoms with Gasteiger partial charge in [-0.25, -0.2) is 0 Å². The molecule has 0 aliphatic carbocycles. The number of halogens is 3. The molecule has 2 aromatic rings. The second kappa shape index (κ2) is 6.57. The first-order valence-corrected chi connectivity index (χ1v) is 7.97. The normalized spacial score (nSPS) is 22.2. The maximum Gasteiger partial charge on any atom is 0.416 e. The first-order chi connectivity index (χ1) is 11.4. The number of β-amino-alcohol motifs (C(OH)–C–C–N with tert-alkyl or cyclic N) is 1. The van der Waals surface area contributed by atoms with Crippen LogP contribution in [0.25, 0.3) is 0 Å². The molecule has 1 saturated heterocycles. The molecule has 2 heterocycles. The SMILES string of the molecule is CCn1cc(CN2C[C@@H](O)C[C@H]2c2cccc(C(F)(F)F)c2)cn1. The molecule has 4 nitrogen and oxygen atoms in total. The van der Waals surface area contributed by atoms with Crippen LogP contribution in [0.4, 0.5) is 13.2 Å². The highest BCUT2D eigenvalue weighted by molar-refractivity contribution is 5.29. The van der Waals surface area contributed by atoms with Gasteiger partial charge in [-0.05, 0) is 31.0 Å². The molecule has 7 heteroatoms. The molecule has 3 rings (SSSR count). The molecule has 2 atom stereocenters. The van der Waals surface area contributed by atoms with Crippen LogP contribution >= 0.6 is 0 Å². The van der Waals surface area contributed by atoms with E-state index in [-0.39, 0.29) is 6.04 Å². The average Bonchev–Trinajstić information content (AvgIpc) is 3.13. The zero-order valence-corrected chi connectivity index (χ0v) is 13.4. The summed E-state index contributed by atoms with van der Waals surface area (Å²) in [6.45, 7) is 3.75. The number of nitrogens with zero attached hydrogens (tertiary/aromatic N) is 3. The Hall–Kier alpha value is -1.86. The van der Waals surface area contributed by atoms with Gasteiger partial charge in [-0.2, -0.15) is 18.3 Å². The molecule has 1 aromatic heterocycles. The summed E-state index contributed by atoms with van der Waals surface area (Å²) < 4.78 is 40.6. The molecule has 1 fully saturated rings. The van der Waals surface area contributed by atoms with Crippen molar-refractivity contribution in [1.82, 2.24) is 14.7 Å². The zero-order chi connectivity index (χ0) is 17.3. The number of rotatable bonds is 4. The number of likely N-dealkylation sites (tertiary alicyclic amines) is 1. The fourth-order valence-corrected chi connectivity index (χ4v) is 3.22. The van der Waals surface area contributed by atoms with Gasteiger partial charge in [0.1, 0.15) is 0 Å². The van der Waals surface area contributed by atoms with E-state index in [9.17, 15) is 18.3 Å². The van der Waals surface area contributed by atoms with Crippen LogP contribution in [0.15, 0.2) is 36.7 Å². The molecular weight excluding hydrogens is 319 g/mol. The quantitative estimate of drug-likeness (QED) is 0.930. The largest absolute Gasteiger partial charge is 0.416 e. The van der Waals surface area contributed by atoms with E-state index in [1.165, 1.54) is 12.1 Å². The minimum Gasteiger partial charge on any atom is -0.392 e. The summed E-state index contributed by atoms with van der Waals surface area (Å²) in [6, 6.07) is 5.15. The summed E-state index contributed by atoms with van der Waals surface area (Å²) in [7, 11) is 0. The number of aliphatic hydroxyl groups is 1. The molecule has 1 N–H and O–H groups in total. The van der Waals surface area contributed by atoms with Crippen molar-refractivity contribution in [2.75, 3.05) is 6.54 Å². The number of hydrogen-bond donors (Lipinski definition) is 1. The Morgan fingerprint density at radius 1 is 1.33 bits per heavy atom. The molecule has 1 aliphatic rings. The molecule has 0 amide bonds. The molecule has 130 valence electrons. The van der Waals surface area contributed by atoms with Crippen LogP contribution in [0.5, 0.6) is 0 Å². The van der Waals surface area contributed by atoms with Crippen LogP contribution in [-0.4, -0.2) is 32.4 Å². The summed E-state index contributed by atoms with van der Waals surface area (Å²) in [5, 5.41) is 14.2. The predicted molar refractivity (Wildman–Crippen MR) is 83.1 cm³/mol. The van der Waals surface area contributed by atoms with Crippen molar-refractivity contribution in [3.8, 4) is 0 Å². The Bertz CT molecular complexity index is 698. The van der Waals surface area contributed by atoms with Gasteiger partial charge in [0.15, 0.2) is 0 Å². The van der Waals surface area contributed by atoms with Gasteiger partial charge in [0, 0.05) is 37.4 Å². The Kier molecular flexibility index (Phi) is 4.64. The summed E-state index contributed by atoms with van der Waals surface area (Å²) in [6.07, 6.45) is -0.778. The molecule has 0 bridgehead atoms. The first-order valence-electron chi connectivity index (χ1n) is 7.97. The third-order valence-corrected chi connectivity index (χ3v) is 4.38. The zero-order valence-electron chi connectivity index (χ0n) is 13.4. The summed E-state index contributed by atoms with van der Waals surface area (Å²) in [5.74, 6) is 0. The number of alkyl halides is 3. The molecular formula is C17H20F3N3O. The van der Waals surface area contributed by atoms with Crippen LogP contribution < -0.4 is 0 Å². The van der Waals surface area contributed by atoms with Crippen molar-refractivity contribution in [2.24, 2.45) is 0 Å². The van der Waals surface area contributed by atoms with Crippen molar-refractivity contribution in [3.05, 3.63) is 53.3 Å². The fourth-order valence-electron chi connectivity index (χ4n) is 3.22. The van der Waals surface area contributed by atoms with Crippen LogP contribution in [0.3, 0.4) is 0 Å². The van der Waals surface area contributed by atoms with E-state index in [0.717, 1.165) is 18.2 Å². The second-order valence-electron chi connectivity index (χ2n) is 6.16. The predicted octanol–water partition coefficient (Wildman–Crippen LogP) is 3.23. The maximum atomic E-state index is 12.9. The topological polar surface area (TPSA) is 41.3 Å². The number of hydrogen-bond acceptors (Lipinski definition) is 3. The van der Waals surface area contributed by atoms with E-state index >= 15 is 0 Å². The minimum atomic E-state index is -4.36. The van der Waals surface area contributed by atoms with Gasteiger partial charge >= 0.3 is 6.18 Å². The Morgan fingerprint density at radius 2 is 2.12 bits per heavy atom. The van der Waals surface area contributed by atoms with Gasteiger partial charge < -0.3 is 5.11 Å². The van der Waals surface area contributed by atoms with Crippen molar-refractivity contribution < 1.29 is 18.3 Å². The van der Waals surface area contributed by atoms with Gasteiger partial charge in [-0.1, -0.05) is 12.1 Å². The minimum absolute atomic E-state index is 0.229. The van der Waals surface area contributed by atoms with Gasteiger partial charge in [0.05, 0.1) is 17.9 Å². The lowest BCUT2D eigenvalue weighted by molar-refractivity contribution is -0.137. The summed E-state index contributed by atoms with van der Waals surface area (Å²) in [4.78, 5) is 2.01. The molecule has 1 aromatic carbocycles. The van der Waals surface area contributed by atoms with Gasteiger partial charge in [-0.15, -0.1) is 0 Å². The van der Waals surface area contributed by atoms with E-state index in [2.05, 4.69) is 5.10 Å². The highest BCUT2D eigenvalue weighted by Gasteiger charge is 2.35. The molecule has 0 spiro atoms. The van der Waals surface area contributed by atoms with Gasteiger partial charge in [0.25, 0.3) is 0 Å². The maximum absolute atomic E-state index is 12.9. The van der Waals surface area contributed by atoms with Crippen molar-refractivity contribution in [1.29, 1.82) is 0 Å². The van der Waals surface area contributed by atoms with E-state index in [1.807, 2.05) is 18.0 Å². The number of aryl methyl sites for hydroxylation is 1. The molecule has 0 radical (unpaired) electrons. The average molecular weight is 339 g/mol. The second-order valence-corrected chi connectivity index (χ2v) is 6.16. The molecule has 0 unspecified atom stereocenters. The third-order valence-electron chi connectivity index (χ3n) is 4.38. The standard InChI is InChI=1S/C17H20F3N3O/c1-2-23-10-12(8-21-23)9-22-11-15(24)7-16(22)13-4-3-5-14(6-13)17(18,19)20/h3-6,8,10,15-16,24H,2,7,9,11H2,1H3/t15-,16-/m0/s1. The van der Waals surface area contributed by atoms with Crippen molar-refractivity contribution >= 4 is 0 Å². The lowest BCUT2D eigenvalue weighted by Gasteiger charge is -2.24. The highest BCUT2D eigenvalue weighted by atomic mass is 19.4. The van der Waals surface area contributed by atoms with E-state index in [4.69, 9.17) is 0 Å². The lowest BCUT2D eigenvalue weighted by atomic mass is 10.0. The van der Waals surface area contributed by atoms with Crippen LogP contribution in [0, 0.1) is 0 Å². The smallest absolute Gasteiger partial charge is 0.392 e. The summed E-state index contributed by atoms with van der Waals surface area (Å²) >= 11 is 0. The molecule has 24 heavy (non-hydrogen) atoms. The van der Waals surface area contributed by atoms with Gasteiger partial charge in [0.2, 0.25) is 0 Å². The molecule has 0 saturated carbocycles. The number of aromatic nitrogens is 2.